The SMILES string of the molecule is COc1ccccc1-c1ccc2c(c1)C1(CCOCC1)CN2C(=O)CCCNC(C)=O. The summed E-state index contributed by atoms with van der Waals surface area (Å²) in [5, 5.41) is 2.77. The Morgan fingerprint density at radius 3 is 2.68 bits per heavy atom. The molecule has 0 unspecified atom stereocenters. The van der Waals surface area contributed by atoms with Gasteiger partial charge in [0.25, 0.3) is 0 Å². The highest BCUT2D eigenvalue weighted by atomic mass is 16.5. The summed E-state index contributed by atoms with van der Waals surface area (Å²) in [6.07, 6.45) is 2.87. The van der Waals surface area contributed by atoms with E-state index < -0.39 is 0 Å². The average Bonchev–Trinajstić information content (AvgIpc) is 3.10. The van der Waals surface area contributed by atoms with Gasteiger partial charge in [0.1, 0.15) is 5.75 Å². The van der Waals surface area contributed by atoms with E-state index in [1.54, 1.807) is 7.11 Å². The summed E-state index contributed by atoms with van der Waals surface area (Å²) in [4.78, 5) is 26.1. The largest absolute Gasteiger partial charge is 0.496 e. The first kappa shape index (κ1) is 21.4. The molecule has 1 N–H and O–H groups in total. The zero-order valence-corrected chi connectivity index (χ0v) is 18.3. The Morgan fingerprint density at radius 1 is 1.16 bits per heavy atom. The van der Waals surface area contributed by atoms with Crippen LogP contribution in [0.3, 0.4) is 0 Å². The summed E-state index contributed by atoms with van der Waals surface area (Å²) in [7, 11) is 1.69. The summed E-state index contributed by atoms with van der Waals surface area (Å²) in [6, 6.07) is 14.4. The molecule has 0 atom stereocenters. The van der Waals surface area contributed by atoms with Crippen molar-refractivity contribution >= 4 is 17.5 Å². The van der Waals surface area contributed by atoms with Crippen LogP contribution < -0.4 is 15.0 Å². The van der Waals surface area contributed by atoms with E-state index in [0.29, 0.717) is 39.1 Å². The van der Waals surface area contributed by atoms with Crippen molar-refractivity contribution < 1.29 is 19.1 Å². The molecule has 164 valence electrons. The normalized spacial score (nSPS) is 16.8. The lowest BCUT2D eigenvalue weighted by Gasteiger charge is -2.34. The first-order valence-electron chi connectivity index (χ1n) is 10.9. The van der Waals surface area contributed by atoms with Crippen LogP contribution in [0.1, 0.15) is 38.2 Å². The fraction of sp³-hybridized carbons (Fsp3) is 0.440. The van der Waals surface area contributed by atoms with E-state index in [0.717, 1.165) is 35.4 Å². The Hall–Kier alpha value is -2.86. The van der Waals surface area contributed by atoms with Gasteiger partial charge >= 0.3 is 0 Å². The van der Waals surface area contributed by atoms with Crippen molar-refractivity contribution in [3.63, 3.8) is 0 Å². The lowest BCUT2D eigenvalue weighted by molar-refractivity contribution is -0.120. The van der Waals surface area contributed by atoms with E-state index in [4.69, 9.17) is 9.47 Å². The number of nitrogens with zero attached hydrogens (tertiary/aromatic N) is 1. The fourth-order valence-electron chi connectivity index (χ4n) is 4.77. The smallest absolute Gasteiger partial charge is 0.227 e. The molecule has 0 aliphatic carbocycles. The van der Waals surface area contributed by atoms with Gasteiger partial charge in [0.15, 0.2) is 0 Å². The van der Waals surface area contributed by atoms with Gasteiger partial charge in [0, 0.05) is 56.3 Å². The van der Waals surface area contributed by atoms with Gasteiger partial charge in [-0.15, -0.1) is 0 Å². The van der Waals surface area contributed by atoms with Crippen molar-refractivity contribution in [2.75, 3.05) is 38.3 Å². The van der Waals surface area contributed by atoms with E-state index in [9.17, 15) is 9.59 Å². The molecule has 4 rings (SSSR count). The zero-order chi connectivity index (χ0) is 21.8. The van der Waals surface area contributed by atoms with Gasteiger partial charge in [-0.3, -0.25) is 9.59 Å². The minimum atomic E-state index is -0.0705. The lowest BCUT2D eigenvalue weighted by atomic mass is 9.75. The van der Waals surface area contributed by atoms with E-state index in [-0.39, 0.29) is 17.2 Å². The molecule has 2 amide bonds. The van der Waals surface area contributed by atoms with Crippen molar-refractivity contribution in [1.29, 1.82) is 0 Å². The molecule has 2 aliphatic heterocycles. The third kappa shape index (κ3) is 4.30. The molecule has 0 radical (unpaired) electrons. The van der Waals surface area contributed by atoms with E-state index in [2.05, 4.69) is 29.6 Å². The number of fused-ring (bicyclic) bond motifs is 2. The Morgan fingerprint density at radius 2 is 1.94 bits per heavy atom. The zero-order valence-electron chi connectivity index (χ0n) is 18.3. The van der Waals surface area contributed by atoms with Gasteiger partial charge in [0.2, 0.25) is 11.8 Å². The van der Waals surface area contributed by atoms with E-state index in [1.165, 1.54) is 12.5 Å². The molecule has 2 aromatic rings. The summed E-state index contributed by atoms with van der Waals surface area (Å²) < 4.78 is 11.2. The molecule has 31 heavy (non-hydrogen) atoms. The second-order valence-electron chi connectivity index (χ2n) is 8.39. The molecule has 2 aliphatic rings. The number of nitrogens with one attached hydrogen (secondary N) is 1. The first-order valence-corrected chi connectivity index (χ1v) is 10.9. The third-order valence-electron chi connectivity index (χ3n) is 6.43. The minimum absolute atomic E-state index is 0.0657. The van der Waals surface area contributed by atoms with Gasteiger partial charge in [0.05, 0.1) is 7.11 Å². The molecule has 2 aromatic carbocycles. The maximum absolute atomic E-state index is 13.1. The van der Waals surface area contributed by atoms with Crippen LogP contribution in [0.25, 0.3) is 11.1 Å². The number of hydrogen-bond donors (Lipinski definition) is 1. The van der Waals surface area contributed by atoms with E-state index in [1.807, 2.05) is 23.1 Å². The lowest BCUT2D eigenvalue weighted by Crippen LogP contribution is -2.40. The monoisotopic (exact) mass is 422 g/mol. The van der Waals surface area contributed by atoms with Crippen LogP contribution in [0.5, 0.6) is 5.75 Å². The molecule has 1 fully saturated rings. The van der Waals surface area contributed by atoms with Gasteiger partial charge in [-0.25, -0.2) is 0 Å². The van der Waals surface area contributed by atoms with Gasteiger partial charge < -0.3 is 19.7 Å². The molecule has 2 heterocycles. The Bertz CT molecular complexity index is 966. The highest BCUT2D eigenvalue weighted by Gasteiger charge is 2.45. The van der Waals surface area contributed by atoms with Crippen LogP contribution in [0, 0.1) is 0 Å². The van der Waals surface area contributed by atoms with E-state index >= 15 is 0 Å². The number of benzene rings is 2. The first-order chi connectivity index (χ1) is 15.0. The summed E-state index contributed by atoms with van der Waals surface area (Å²) >= 11 is 0. The molecule has 0 saturated carbocycles. The highest BCUT2D eigenvalue weighted by Crippen LogP contribution is 2.48. The van der Waals surface area contributed by atoms with Crippen molar-refractivity contribution in [2.45, 2.75) is 38.0 Å². The molecule has 6 heteroatoms. The standard InChI is InChI=1S/C25H30N2O4/c1-18(28)26-13-5-8-24(29)27-17-25(11-14-31-15-12-25)21-16-19(9-10-22(21)27)20-6-3-4-7-23(20)30-2/h3-4,6-7,9-10,16H,5,8,11-15,17H2,1-2H3,(H,26,28). The number of anilines is 1. The van der Waals surface area contributed by atoms with Crippen LogP contribution >= 0.6 is 0 Å². The van der Waals surface area contributed by atoms with Crippen molar-refractivity contribution in [3.05, 3.63) is 48.0 Å². The van der Waals surface area contributed by atoms with Crippen molar-refractivity contribution in [3.8, 4) is 16.9 Å². The third-order valence-corrected chi connectivity index (χ3v) is 6.43. The Kier molecular flexibility index (Phi) is 6.28. The second-order valence-corrected chi connectivity index (χ2v) is 8.39. The number of para-hydroxylation sites is 1. The highest BCUT2D eigenvalue weighted by molar-refractivity contribution is 5.97. The predicted octanol–water partition coefficient (Wildman–Crippen LogP) is 3.67. The summed E-state index contributed by atoms with van der Waals surface area (Å²) in [6.45, 7) is 4.13. The van der Waals surface area contributed by atoms with Crippen LogP contribution in [0.2, 0.25) is 0 Å². The second kappa shape index (κ2) is 9.10. The van der Waals surface area contributed by atoms with Crippen molar-refractivity contribution in [2.24, 2.45) is 0 Å². The number of methoxy groups -OCH3 is 1. The quantitative estimate of drug-likeness (QED) is 0.722. The maximum atomic E-state index is 13.1. The van der Waals surface area contributed by atoms with Crippen LogP contribution in [0.4, 0.5) is 5.69 Å². The molecule has 0 bridgehead atoms. The van der Waals surface area contributed by atoms with Gasteiger partial charge in [-0.05, 0) is 48.6 Å². The van der Waals surface area contributed by atoms with Crippen LogP contribution in [-0.4, -0.2) is 45.2 Å². The van der Waals surface area contributed by atoms with Gasteiger partial charge in [-0.1, -0.05) is 24.3 Å². The molecule has 1 saturated heterocycles. The Balaban J connectivity index is 1.64. The molecular weight excluding hydrogens is 392 g/mol. The number of carbonyl (C=O) groups excluding carboxylic acids is 2. The number of carbonyl (C=O) groups is 2. The topological polar surface area (TPSA) is 67.9 Å². The number of amides is 2. The number of hydrogen-bond acceptors (Lipinski definition) is 4. The van der Waals surface area contributed by atoms with Crippen molar-refractivity contribution in [1.82, 2.24) is 5.32 Å². The molecule has 1 spiro atoms. The Labute approximate surface area is 183 Å². The average molecular weight is 423 g/mol. The molecular formula is C25H30N2O4. The number of ether oxygens (including phenoxy) is 2. The molecule has 0 aromatic heterocycles. The summed E-state index contributed by atoms with van der Waals surface area (Å²) in [5.41, 5.74) is 4.32. The maximum Gasteiger partial charge on any atom is 0.227 e. The fourth-order valence-corrected chi connectivity index (χ4v) is 4.77. The summed E-state index contributed by atoms with van der Waals surface area (Å²) in [5.74, 6) is 0.886. The van der Waals surface area contributed by atoms with Crippen LogP contribution in [0.15, 0.2) is 42.5 Å². The number of rotatable bonds is 6. The minimum Gasteiger partial charge on any atom is -0.496 e. The predicted molar refractivity (Wildman–Crippen MR) is 120 cm³/mol. The van der Waals surface area contributed by atoms with Crippen LogP contribution in [-0.2, 0) is 19.7 Å². The molecule has 6 nitrogen and oxygen atoms in total. The van der Waals surface area contributed by atoms with Gasteiger partial charge in [-0.2, -0.15) is 0 Å².